The molecule has 1 fully saturated rings. The fraction of sp³-hybridized carbons (Fsp3) is 1.00. The highest BCUT2D eigenvalue weighted by Crippen LogP contribution is 2.28. The van der Waals surface area contributed by atoms with Crippen LogP contribution in [0, 0.1) is 5.41 Å². The average molecular weight is 243 g/mol. The topological polar surface area (TPSA) is 52.5 Å². The first kappa shape index (κ1) is 14.9. The minimum Gasteiger partial charge on any atom is -0.396 e. The predicted octanol–water partition coefficient (Wildman–Crippen LogP) is 2.07. The Balaban J connectivity index is 2.34. The summed E-state index contributed by atoms with van der Waals surface area (Å²) in [6.07, 6.45) is 7.34. The summed E-state index contributed by atoms with van der Waals surface area (Å²) in [7, 11) is 0. The quantitative estimate of drug-likeness (QED) is 0.641. The molecule has 17 heavy (non-hydrogen) atoms. The van der Waals surface area contributed by atoms with Crippen molar-refractivity contribution in [2.45, 2.75) is 64.4 Å². The highest BCUT2D eigenvalue weighted by atomic mass is 16.3. The summed E-state index contributed by atoms with van der Waals surface area (Å²) < 4.78 is 0. The summed E-state index contributed by atoms with van der Waals surface area (Å²) in [4.78, 5) is 0. The van der Waals surface area contributed by atoms with Gasteiger partial charge >= 0.3 is 0 Å². The van der Waals surface area contributed by atoms with Crippen LogP contribution in [-0.4, -0.2) is 35.5 Å². The van der Waals surface area contributed by atoms with Crippen LogP contribution in [0.3, 0.4) is 0 Å². The molecule has 0 spiro atoms. The lowest BCUT2D eigenvalue weighted by molar-refractivity contribution is 0.000406. The van der Waals surface area contributed by atoms with Gasteiger partial charge < -0.3 is 15.5 Å². The van der Waals surface area contributed by atoms with Crippen LogP contribution < -0.4 is 5.32 Å². The van der Waals surface area contributed by atoms with E-state index in [0.29, 0.717) is 6.54 Å². The van der Waals surface area contributed by atoms with Crippen molar-refractivity contribution < 1.29 is 10.2 Å². The number of rotatable bonds is 7. The Labute approximate surface area is 106 Å². The molecule has 3 N–H and O–H groups in total. The zero-order valence-corrected chi connectivity index (χ0v) is 11.5. The average Bonchev–Trinajstić information content (AvgIpc) is 2.36. The van der Waals surface area contributed by atoms with Gasteiger partial charge in [0.15, 0.2) is 0 Å². The van der Waals surface area contributed by atoms with E-state index in [1.807, 2.05) is 0 Å². The van der Waals surface area contributed by atoms with Crippen LogP contribution in [0.1, 0.15) is 58.8 Å². The minimum absolute atomic E-state index is 0.00890. The van der Waals surface area contributed by atoms with Crippen LogP contribution >= 0.6 is 0 Å². The van der Waals surface area contributed by atoms with E-state index in [0.717, 1.165) is 45.1 Å². The molecule has 1 rings (SSSR count). The Morgan fingerprint density at radius 1 is 1.12 bits per heavy atom. The van der Waals surface area contributed by atoms with Crippen LogP contribution in [0.5, 0.6) is 0 Å². The summed E-state index contributed by atoms with van der Waals surface area (Å²) in [6, 6.07) is 0. The summed E-state index contributed by atoms with van der Waals surface area (Å²) in [5.74, 6) is 0. The van der Waals surface area contributed by atoms with Crippen molar-refractivity contribution >= 4 is 0 Å². The number of aliphatic hydroxyl groups is 2. The van der Waals surface area contributed by atoms with Gasteiger partial charge in [-0.2, -0.15) is 0 Å². The molecule has 0 heterocycles. The SMILES string of the molecule is CCC(CC)(CO)CNCC1(O)CCCCC1. The van der Waals surface area contributed by atoms with E-state index in [1.54, 1.807) is 0 Å². The van der Waals surface area contributed by atoms with Crippen molar-refractivity contribution in [3.8, 4) is 0 Å². The molecule has 3 heteroatoms. The number of hydrogen-bond acceptors (Lipinski definition) is 3. The molecule has 0 radical (unpaired) electrons. The molecule has 3 nitrogen and oxygen atoms in total. The fourth-order valence-electron chi connectivity index (χ4n) is 2.73. The van der Waals surface area contributed by atoms with Crippen LogP contribution in [-0.2, 0) is 0 Å². The maximum Gasteiger partial charge on any atom is 0.0771 e. The lowest BCUT2D eigenvalue weighted by atomic mass is 9.82. The molecule has 1 aliphatic rings. The van der Waals surface area contributed by atoms with E-state index in [2.05, 4.69) is 19.2 Å². The Morgan fingerprint density at radius 2 is 1.71 bits per heavy atom. The van der Waals surface area contributed by atoms with Gasteiger partial charge in [0.2, 0.25) is 0 Å². The van der Waals surface area contributed by atoms with Crippen molar-refractivity contribution in [1.82, 2.24) is 5.32 Å². The van der Waals surface area contributed by atoms with Crippen LogP contribution in [0.25, 0.3) is 0 Å². The van der Waals surface area contributed by atoms with E-state index in [9.17, 15) is 10.2 Å². The van der Waals surface area contributed by atoms with Gasteiger partial charge in [-0.1, -0.05) is 33.1 Å². The molecule has 0 aromatic rings. The molecule has 102 valence electrons. The molecule has 0 unspecified atom stereocenters. The lowest BCUT2D eigenvalue weighted by Gasteiger charge is -2.35. The third-order valence-electron chi connectivity index (χ3n) is 4.57. The zero-order chi connectivity index (χ0) is 12.8. The normalized spacial score (nSPS) is 20.5. The van der Waals surface area contributed by atoms with Crippen molar-refractivity contribution in [3.05, 3.63) is 0 Å². The second kappa shape index (κ2) is 6.72. The summed E-state index contributed by atoms with van der Waals surface area (Å²) in [6.45, 7) is 5.95. The van der Waals surface area contributed by atoms with Gasteiger partial charge in [-0.25, -0.2) is 0 Å². The Morgan fingerprint density at radius 3 is 2.18 bits per heavy atom. The predicted molar refractivity (Wildman–Crippen MR) is 71.0 cm³/mol. The standard InChI is InChI=1S/C14H29NO2/c1-3-13(4-2,12-16)10-15-11-14(17)8-6-5-7-9-14/h15-17H,3-12H2,1-2H3. The summed E-state index contributed by atoms with van der Waals surface area (Å²) >= 11 is 0. The number of hydrogen-bond donors (Lipinski definition) is 3. The van der Waals surface area contributed by atoms with E-state index in [4.69, 9.17) is 0 Å². The first-order chi connectivity index (χ1) is 8.10. The molecule has 1 saturated carbocycles. The van der Waals surface area contributed by atoms with Gasteiger partial charge in [-0.05, 0) is 25.7 Å². The highest BCUT2D eigenvalue weighted by molar-refractivity contribution is 4.86. The van der Waals surface area contributed by atoms with Crippen LogP contribution in [0.15, 0.2) is 0 Å². The van der Waals surface area contributed by atoms with Crippen molar-refractivity contribution in [2.75, 3.05) is 19.7 Å². The van der Waals surface area contributed by atoms with E-state index < -0.39 is 5.60 Å². The summed E-state index contributed by atoms with van der Waals surface area (Å²) in [5, 5.41) is 23.2. The second-order valence-electron chi connectivity index (χ2n) is 5.75. The van der Waals surface area contributed by atoms with Crippen molar-refractivity contribution in [1.29, 1.82) is 0 Å². The molecule has 0 bridgehead atoms. The lowest BCUT2D eigenvalue weighted by Crippen LogP contribution is -2.46. The van der Waals surface area contributed by atoms with E-state index in [-0.39, 0.29) is 12.0 Å². The monoisotopic (exact) mass is 243 g/mol. The number of nitrogens with one attached hydrogen (secondary N) is 1. The molecule has 0 aliphatic heterocycles. The van der Waals surface area contributed by atoms with Gasteiger partial charge in [-0.15, -0.1) is 0 Å². The maximum atomic E-state index is 10.4. The molecule has 0 saturated heterocycles. The first-order valence-corrected chi connectivity index (χ1v) is 7.14. The minimum atomic E-state index is -0.499. The molecular formula is C14H29NO2. The first-order valence-electron chi connectivity index (χ1n) is 7.14. The zero-order valence-electron chi connectivity index (χ0n) is 11.5. The highest BCUT2D eigenvalue weighted by Gasteiger charge is 2.30. The third kappa shape index (κ3) is 4.23. The van der Waals surface area contributed by atoms with Gasteiger partial charge in [0, 0.05) is 25.1 Å². The second-order valence-corrected chi connectivity index (χ2v) is 5.75. The smallest absolute Gasteiger partial charge is 0.0771 e. The summed E-state index contributed by atoms with van der Waals surface area (Å²) in [5.41, 5.74) is -0.508. The Kier molecular flexibility index (Phi) is 5.90. The maximum absolute atomic E-state index is 10.4. The Hall–Kier alpha value is -0.120. The van der Waals surface area contributed by atoms with Crippen LogP contribution in [0.4, 0.5) is 0 Å². The van der Waals surface area contributed by atoms with Gasteiger partial charge in [-0.3, -0.25) is 0 Å². The fourth-order valence-corrected chi connectivity index (χ4v) is 2.73. The van der Waals surface area contributed by atoms with Crippen molar-refractivity contribution in [2.24, 2.45) is 5.41 Å². The third-order valence-corrected chi connectivity index (χ3v) is 4.57. The van der Waals surface area contributed by atoms with E-state index >= 15 is 0 Å². The molecule has 1 aliphatic carbocycles. The molecule has 0 atom stereocenters. The molecule has 0 aromatic carbocycles. The molecule has 0 aromatic heterocycles. The van der Waals surface area contributed by atoms with Gasteiger partial charge in [0.1, 0.15) is 0 Å². The number of aliphatic hydroxyl groups excluding tert-OH is 1. The van der Waals surface area contributed by atoms with E-state index in [1.165, 1.54) is 6.42 Å². The van der Waals surface area contributed by atoms with Crippen molar-refractivity contribution in [3.63, 3.8) is 0 Å². The van der Waals surface area contributed by atoms with Crippen LogP contribution in [0.2, 0.25) is 0 Å². The van der Waals surface area contributed by atoms with Gasteiger partial charge in [0.05, 0.1) is 5.60 Å². The van der Waals surface area contributed by atoms with Gasteiger partial charge in [0.25, 0.3) is 0 Å². The molecule has 0 amide bonds. The Bertz CT molecular complexity index is 200. The molecular weight excluding hydrogens is 214 g/mol. The largest absolute Gasteiger partial charge is 0.396 e.